The summed E-state index contributed by atoms with van der Waals surface area (Å²) in [5, 5.41) is 31.5. The SMILES string of the molecule is O=C(O)C1=CC(O)(C(=O)O)N=N1. The van der Waals surface area contributed by atoms with Gasteiger partial charge in [0.1, 0.15) is 0 Å². The molecular formula is C5H4N2O5. The molecule has 7 nitrogen and oxygen atoms in total. The minimum absolute atomic E-state index is 0.553. The fraction of sp³-hybridized carbons (Fsp3) is 0.200. The Bertz CT molecular complexity index is 307. The second-order valence-electron chi connectivity index (χ2n) is 2.07. The van der Waals surface area contributed by atoms with E-state index in [1.165, 1.54) is 0 Å². The molecule has 0 fully saturated rings. The lowest BCUT2D eigenvalue weighted by Crippen LogP contribution is -2.32. The average molecular weight is 172 g/mol. The van der Waals surface area contributed by atoms with E-state index >= 15 is 0 Å². The van der Waals surface area contributed by atoms with Gasteiger partial charge in [-0.25, -0.2) is 9.59 Å². The van der Waals surface area contributed by atoms with E-state index < -0.39 is 23.4 Å². The van der Waals surface area contributed by atoms with Crippen LogP contribution < -0.4 is 0 Å². The molecular weight excluding hydrogens is 168 g/mol. The lowest BCUT2D eigenvalue weighted by molar-refractivity contribution is -0.152. The zero-order valence-electron chi connectivity index (χ0n) is 5.63. The van der Waals surface area contributed by atoms with Crippen LogP contribution in [0.3, 0.4) is 0 Å². The summed E-state index contributed by atoms with van der Waals surface area (Å²) in [6, 6.07) is 0. The number of nitrogens with zero attached hydrogens (tertiary/aromatic N) is 2. The molecule has 0 aliphatic carbocycles. The zero-order chi connectivity index (χ0) is 9.35. The van der Waals surface area contributed by atoms with Crippen molar-refractivity contribution in [3.63, 3.8) is 0 Å². The van der Waals surface area contributed by atoms with Gasteiger partial charge in [0.25, 0.3) is 5.72 Å². The Balaban J connectivity index is 2.99. The van der Waals surface area contributed by atoms with E-state index in [9.17, 15) is 9.59 Å². The molecule has 1 rings (SSSR count). The molecule has 0 amide bonds. The van der Waals surface area contributed by atoms with Gasteiger partial charge >= 0.3 is 11.9 Å². The second-order valence-corrected chi connectivity index (χ2v) is 2.07. The van der Waals surface area contributed by atoms with Gasteiger partial charge in [-0.2, -0.15) is 0 Å². The van der Waals surface area contributed by atoms with E-state index in [0.717, 1.165) is 0 Å². The quantitative estimate of drug-likeness (QED) is 0.503. The molecule has 0 aromatic heterocycles. The molecule has 64 valence electrons. The Morgan fingerprint density at radius 2 is 2.00 bits per heavy atom. The molecule has 0 spiro atoms. The normalized spacial score (nSPS) is 26.9. The van der Waals surface area contributed by atoms with E-state index in [2.05, 4.69) is 10.2 Å². The maximum Gasteiger partial charge on any atom is 0.365 e. The number of aliphatic hydroxyl groups is 1. The first-order valence-electron chi connectivity index (χ1n) is 2.80. The highest BCUT2D eigenvalue weighted by molar-refractivity contribution is 5.90. The molecule has 0 saturated carbocycles. The van der Waals surface area contributed by atoms with Gasteiger partial charge < -0.3 is 15.3 Å². The third kappa shape index (κ3) is 1.17. The summed E-state index contributed by atoms with van der Waals surface area (Å²) >= 11 is 0. The molecule has 0 radical (unpaired) electrons. The highest BCUT2D eigenvalue weighted by Crippen LogP contribution is 2.21. The van der Waals surface area contributed by atoms with Crippen LogP contribution in [0.25, 0.3) is 0 Å². The maximum atomic E-state index is 10.3. The predicted molar refractivity (Wildman–Crippen MR) is 33.2 cm³/mol. The molecule has 1 aliphatic heterocycles. The largest absolute Gasteiger partial charge is 0.477 e. The van der Waals surface area contributed by atoms with E-state index in [4.69, 9.17) is 15.3 Å². The minimum Gasteiger partial charge on any atom is -0.477 e. The van der Waals surface area contributed by atoms with Gasteiger partial charge in [-0.1, -0.05) is 0 Å². The Labute approximate surface area is 65.7 Å². The highest BCUT2D eigenvalue weighted by Gasteiger charge is 2.39. The summed E-state index contributed by atoms with van der Waals surface area (Å²) in [7, 11) is 0. The molecule has 1 unspecified atom stereocenters. The van der Waals surface area contributed by atoms with Crippen LogP contribution in [0.2, 0.25) is 0 Å². The molecule has 12 heavy (non-hydrogen) atoms. The van der Waals surface area contributed by atoms with Crippen molar-refractivity contribution in [3.05, 3.63) is 11.8 Å². The number of hydrogen-bond donors (Lipinski definition) is 3. The third-order valence-corrected chi connectivity index (χ3v) is 1.18. The molecule has 0 aromatic carbocycles. The van der Waals surface area contributed by atoms with Crippen LogP contribution in [-0.2, 0) is 9.59 Å². The van der Waals surface area contributed by atoms with Crippen LogP contribution in [-0.4, -0.2) is 33.0 Å². The number of hydrogen-bond acceptors (Lipinski definition) is 5. The van der Waals surface area contributed by atoms with Gasteiger partial charge in [0.15, 0.2) is 5.70 Å². The van der Waals surface area contributed by atoms with Gasteiger partial charge in [-0.3, -0.25) is 0 Å². The van der Waals surface area contributed by atoms with Crippen molar-refractivity contribution in [2.75, 3.05) is 0 Å². The van der Waals surface area contributed by atoms with E-state index in [1.807, 2.05) is 0 Å². The third-order valence-electron chi connectivity index (χ3n) is 1.18. The van der Waals surface area contributed by atoms with Crippen LogP contribution >= 0.6 is 0 Å². The Hall–Kier alpha value is -1.76. The first-order valence-corrected chi connectivity index (χ1v) is 2.80. The average Bonchev–Trinajstić information content (AvgIpc) is 2.33. The van der Waals surface area contributed by atoms with E-state index in [1.54, 1.807) is 0 Å². The lowest BCUT2D eigenvalue weighted by Gasteiger charge is -2.06. The van der Waals surface area contributed by atoms with Crippen molar-refractivity contribution in [1.29, 1.82) is 0 Å². The van der Waals surface area contributed by atoms with Crippen LogP contribution in [0, 0.1) is 0 Å². The second kappa shape index (κ2) is 2.38. The molecule has 0 saturated heterocycles. The van der Waals surface area contributed by atoms with Crippen molar-refractivity contribution in [1.82, 2.24) is 0 Å². The standard InChI is InChI=1S/C5H4N2O5/c8-3(9)2-1-5(12,4(10)11)7-6-2/h1,12H,(H,8,9)(H,10,11). The summed E-state index contributed by atoms with van der Waals surface area (Å²) in [5.74, 6) is -3.10. The van der Waals surface area contributed by atoms with Crippen molar-refractivity contribution in [2.45, 2.75) is 5.72 Å². The van der Waals surface area contributed by atoms with Gasteiger partial charge in [0.05, 0.1) is 0 Å². The van der Waals surface area contributed by atoms with Crippen molar-refractivity contribution < 1.29 is 24.9 Å². The highest BCUT2D eigenvalue weighted by atomic mass is 16.4. The molecule has 1 heterocycles. The molecule has 7 heteroatoms. The van der Waals surface area contributed by atoms with E-state index in [0.29, 0.717) is 6.08 Å². The predicted octanol–water partition coefficient (Wildman–Crippen LogP) is -0.806. The number of carboxylic acid groups (broad SMARTS) is 2. The van der Waals surface area contributed by atoms with Crippen LogP contribution in [0.1, 0.15) is 0 Å². The maximum absolute atomic E-state index is 10.3. The van der Waals surface area contributed by atoms with Crippen molar-refractivity contribution in [2.24, 2.45) is 10.2 Å². The fourth-order valence-electron chi connectivity index (χ4n) is 0.587. The van der Waals surface area contributed by atoms with Crippen molar-refractivity contribution >= 4 is 11.9 Å². The Morgan fingerprint density at radius 1 is 1.42 bits per heavy atom. The summed E-state index contributed by atoms with van der Waals surface area (Å²) in [6.45, 7) is 0. The topological polar surface area (TPSA) is 120 Å². The number of rotatable bonds is 2. The smallest absolute Gasteiger partial charge is 0.365 e. The number of aliphatic carboxylic acids is 2. The zero-order valence-corrected chi connectivity index (χ0v) is 5.63. The molecule has 1 atom stereocenters. The Kier molecular flexibility index (Phi) is 1.65. The minimum atomic E-state index is -2.52. The molecule has 0 bridgehead atoms. The monoisotopic (exact) mass is 172 g/mol. The number of azo groups is 1. The van der Waals surface area contributed by atoms with Gasteiger partial charge in [-0.15, -0.1) is 10.2 Å². The summed E-state index contributed by atoms with van der Waals surface area (Å²) in [4.78, 5) is 20.4. The number of carbonyl (C=O) groups is 2. The Morgan fingerprint density at radius 3 is 2.25 bits per heavy atom. The molecule has 1 aliphatic rings. The van der Waals surface area contributed by atoms with E-state index in [-0.39, 0.29) is 0 Å². The van der Waals surface area contributed by atoms with Crippen LogP contribution in [0.5, 0.6) is 0 Å². The molecule has 0 aromatic rings. The van der Waals surface area contributed by atoms with Crippen LogP contribution in [0.4, 0.5) is 0 Å². The van der Waals surface area contributed by atoms with Crippen molar-refractivity contribution in [3.8, 4) is 0 Å². The van der Waals surface area contributed by atoms with Gasteiger partial charge in [0, 0.05) is 6.08 Å². The van der Waals surface area contributed by atoms with Gasteiger partial charge in [0.2, 0.25) is 0 Å². The van der Waals surface area contributed by atoms with Gasteiger partial charge in [-0.05, 0) is 0 Å². The fourth-order valence-corrected chi connectivity index (χ4v) is 0.587. The van der Waals surface area contributed by atoms with Crippen LogP contribution in [0.15, 0.2) is 22.0 Å². The summed E-state index contributed by atoms with van der Waals surface area (Å²) < 4.78 is 0. The molecule has 3 N–H and O–H groups in total. The lowest BCUT2D eigenvalue weighted by atomic mass is 10.2. The summed E-state index contributed by atoms with van der Waals surface area (Å²) in [5.41, 5.74) is -3.10. The first-order chi connectivity index (χ1) is 5.46. The first kappa shape index (κ1) is 8.34. The number of carboxylic acids is 2. The summed E-state index contributed by atoms with van der Waals surface area (Å²) in [6.07, 6.45) is 0.553.